The fraction of sp³-hybridized carbons (Fsp3) is 0.250. The van der Waals surface area contributed by atoms with Gasteiger partial charge in [0.1, 0.15) is 23.2 Å². The van der Waals surface area contributed by atoms with Gasteiger partial charge in [0, 0.05) is 12.3 Å². The summed E-state index contributed by atoms with van der Waals surface area (Å²) in [6, 6.07) is 9.71. The minimum absolute atomic E-state index is 0.0576. The van der Waals surface area contributed by atoms with Crippen molar-refractivity contribution >= 4 is 23.5 Å². The number of nitriles is 1. The summed E-state index contributed by atoms with van der Waals surface area (Å²) < 4.78 is 21.3. The van der Waals surface area contributed by atoms with Crippen LogP contribution in [0.4, 0.5) is 0 Å². The lowest BCUT2D eigenvalue weighted by Gasteiger charge is -2.27. The van der Waals surface area contributed by atoms with Gasteiger partial charge in [-0.3, -0.25) is 0 Å². The molecule has 176 valence electrons. The molecule has 2 aromatic rings. The van der Waals surface area contributed by atoms with Crippen molar-refractivity contribution < 1.29 is 28.5 Å². The Balaban J connectivity index is 1.96. The summed E-state index contributed by atoms with van der Waals surface area (Å²) in [7, 11) is 0. The molecule has 1 atom stereocenters. The molecule has 2 heterocycles. The zero-order chi connectivity index (χ0) is 24.8. The zero-order valence-corrected chi connectivity index (χ0v) is 19.5. The number of nitrogens with two attached hydrogens (primary N) is 1. The van der Waals surface area contributed by atoms with Gasteiger partial charge in [-0.2, -0.15) is 5.26 Å². The van der Waals surface area contributed by atoms with Crippen molar-refractivity contribution in [2.75, 3.05) is 13.2 Å². The molecule has 9 nitrogen and oxygen atoms in total. The van der Waals surface area contributed by atoms with Gasteiger partial charge >= 0.3 is 11.9 Å². The number of carbonyl (C=O) groups excluding carboxylic acids is 2. The Kier molecular flexibility index (Phi) is 7.76. The smallest absolute Gasteiger partial charge is 0.338 e. The monoisotopic (exact) mass is 483 g/mol. The third kappa shape index (κ3) is 5.13. The number of aromatic nitrogens is 1. The van der Waals surface area contributed by atoms with E-state index >= 15 is 0 Å². The highest BCUT2D eigenvalue weighted by molar-refractivity contribution is 6.32. The molecule has 1 aliphatic heterocycles. The van der Waals surface area contributed by atoms with Crippen molar-refractivity contribution in [3.63, 3.8) is 0 Å². The van der Waals surface area contributed by atoms with Gasteiger partial charge in [0.05, 0.1) is 35.3 Å². The fourth-order valence-corrected chi connectivity index (χ4v) is 3.61. The molecule has 1 aliphatic rings. The number of nitrogens with zero attached hydrogens (tertiary/aromatic N) is 2. The van der Waals surface area contributed by atoms with Gasteiger partial charge in [-0.1, -0.05) is 17.7 Å². The Hall–Kier alpha value is -4.03. The van der Waals surface area contributed by atoms with Crippen LogP contribution in [-0.2, 0) is 19.0 Å². The Morgan fingerprint density at radius 2 is 1.88 bits per heavy atom. The Bertz CT molecular complexity index is 1230. The summed E-state index contributed by atoms with van der Waals surface area (Å²) in [6.45, 7) is 5.34. The maximum Gasteiger partial charge on any atom is 0.338 e. The molecule has 2 N–H and O–H groups in total. The lowest BCUT2D eigenvalue weighted by Crippen LogP contribution is -2.25. The summed E-state index contributed by atoms with van der Waals surface area (Å²) in [5, 5.41) is 9.87. The van der Waals surface area contributed by atoms with Gasteiger partial charge < -0.3 is 24.7 Å². The second-order valence-corrected chi connectivity index (χ2v) is 7.42. The van der Waals surface area contributed by atoms with Crippen molar-refractivity contribution in [2.24, 2.45) is 5.73 Å². The van der Waals surface area contributed by atoms with Crippen LogP contribution in [0.15, 0.2) is 59.3 Å². The highest BCUT2D eigenvalue weighted by Crippen LogP contribution is 2.42. The van der Waals surface area contributed by atoms with E-state index in [-0.39, 0.29) is 58.2 Å². The van der Waals surface area contributed by atoms with E-state index in [4.69, 9.17) is 36.3 Å². The molecule has 0 amide bonds. The summed E-state index contributed by atoms with van der Waals surface area (Å²) in [5.41, 5.74) is 6.92. The van der Waals surface area contributed by atoms with Crippen LogP contribution in [0.25, 0.3) is 0 Å². The molecule has 0 bridgehead atoms. The third-order valence-electron chi connectivity index (χ3n) is 4.85. The Morgan fingerprint density at radius 1 is 1.18 bits per heavy atom. The molecule has 0 fully saturated rings. The molecular weight excluding hydrogens is 462 g/mol. The van der Waals surface area contributed by atoms with E-state index in [0.29, 0.717) is 5.56 Å². The Labute approximate surface area is 201 Å². The van der Waals surface area contributed by atoms with Crippen molar-refractivity contribution in [3.05, 3.63) is 75.5 Å². The van der Waals surface area contributed by atoms with Crippen LogP contribution >= 0.6 is 11.6 Å². The van der Waals surface area contributed by atoms with Gasteiger partial charge in [0.2, 0.25) is 11.8 Å². The molecule has 3 rings (SSSR count). The predicted octanol–water partition coefficient (Wildman–Crippen LogP) is 4.35. The van der Waals surface area contributed by atoms with Crippen molar-refractivity contribution in [1.82, 2.24) is 4.98 Å². The van der Waals surface area contributed by atoms with Crippen LogP contribution in [0.5, 0.6) is 11.6 Å². The van der Waals surface area contributed by atoms with Crippen molar-refractivity contribution in [3.8, 4) is 17.7 Å². The molecule has 34 heavy (non-hydrogen) atoms. The van der Waals surface area contributed by atoms with E-state index in [1.165, 1.54) is 18.3 Å². The number of esters is 2. The van der Waals surface area contributed by atoms with Crippen LogP contribution < -0.4 is 10.5 Å². The number of pyridine rings is 1. The average molecular weight is 484 g/mol. The molecule has 0 radical (unpaired) electrons. The number of hydrogen-bond acceptors (Lipinski definition) is 9. The number of allylic oxidation sites excluding steroid dienone is 2. The van der Waals surface area contributed by atoms with Crippen LogP contribution in [0.1, 0.15) is 42.6 Å². The average Bonchev–Trinajstić information content (AvgIpc) is 2.80. The molecule has 0 saturated carbocycles. The summed E-state index contributed by atoms with van der Waals surface area (Å²) in [6.07, 6.45) is 1.41. The minimum Gasteiger partial charge on any atom is -0.463 e. The molecule has 10 heteroatoms. The quantitative estimate of drug-likeness (QED) is 0.570. The first-order chi connectivity index (χ1) is 16.3. The number of halogens is 1. The van der Waals surface area contributed by atoms with E-state index < -0.39 is 17.9 Å². The van der Waals surface area contributed by atoms with E-state index in [2.05, 4.69) is 4.98 Å². The normalized spacial score (nSPS) is 15.3. The van der Waals surface area contributed by atoms with Crippen molar-refractivity contribution in [1.29, 1.82) is 5.26 Å². The van der Waals surface area contributed by atoms with Crippen LogP contribution in [-0.4, -0.2) is 30.1 Å². The first-order valence-corrected chi connectivity index (χ1v) is 10.7. The summed E-state index contributed by atoms with van der Waals surface area (Å²) in [4.78, 5) is 28.7. The van der Waals surface area contributed by atoms with Gasteiger partial charge in [-0.15, -0.1) is 0 Å². The standard InChI is InChI=1S/C24H22ClN3O6/c1-4-31-23(29)15-8-9-28-19(11-15)34-18-7-6-14(10-17(18)25)21-16(12-26)22(27)33-13(3)20(21)24(30)32-5-2/h6-11,21H,4-5,27H2,1-3H3. The summed E-state index contributed by atoms with van der Waals surface area (Å²) in [5.74, 6) is -1.45. The topological polar surface area (TPSA) is 134 Å². The SMILES string of the molecule is CCOC(=O)C1=C(C)OC(N)=C(C#N)C1c1ccc(Oc2cc(C(=O)OCC)ccn2)c(Cl)c1. The van der Waals surface area contributed by atoms with Crippen molar-refractivity contribution in [2.45, 2.75) is 26.7 Å². The largest absolute Gasteiger partial charge is 0.463 e. The number of rotatable bonds is 7. The minimum atomic E-state index is -0.838. The van der Waals surface area contributed by atoms with Gasteiger partial charge in [0.15, 0.2) is 0 Å². The zero-order valence-electron chi connectivity index (χ0n) is 18.8. The second-order valence-electron chi connectivity index (χ2n) is 7.01. The maximum atomic E-state index is 12.7. The fourth-order valence-electron chi connectivity index (χ4n) is 3.39. The molecule has 0 saturated heterocycles. The summed E-state index contributed by atoms with van der Waals surface area (Å²) >= 11 is 6.46. The second kappa shape index (κ2) is 10.7. The van der Waals surface area contributed by atoms with Crippen LogP contribution in [0.3, 0.4) is 0 Å². The molecule has 1 aromatic carbocycles. The highest BCUT2D eigenvalue weighted by atomic mass is 35.5. The maximum absolute atomic E-state index is 12.7. The molecular formula is C24H22ClN3O6. The molecule has 0 aliphatic carbocycles. The number of ether oxygens (including phenoxy) is 4. The van der Waals surface area contributed by atoms with Crippen LogP contribution in [0.2, 0.25) is 5.02 Å². The predicted molar refractivity (Wildman–Crippen MR) is 122 cm³/mol. The molecule has 0 spiro atoms. The number of benzene rings is 1. The lowest BCUT2D eigenvalue weighted by atomic mass is 9.83. The van der Waals surface area contributed by atoms with E-state index in [1.807, 2.05) is 6.07 Å². The highest BCUT2D eigenvalue weighted by Gasteiger charge is 2.36. The van der Waals surface area contributed by atoms with Gasteiger partial charge in [-0.25, -0.2) is 14.6 Å². The number of carbonyl (C=O) groups is 2. The number of hydrogen-bond donors (Lipinski definition) is 1. The van der Waals surface area contributed by atoms with E-state index in [9.17, 15) is 14.9 Å². The molecule has 1 aromatic heterocycles. The Morgan fingerprint density at radius 3 is 2.53 bits per heavy atom. The van der Waals surface area contributed by atoms with E-state index in [0.717, 1.165) is 0 Å². The molecule has 1 unspecified atom stereocenters. The third-order valence-corrected chi connectivity index (χ3v) is 5.15. The van der Waals surface area contributed by atoms with E-state index in [1.54, 1.807) is 39.0 Å². The lowest BCUT2D eigenvalue weighted by molar-refractivity contribution is -0.139. The van der Waals surface area contributed by atoms with Gasteiger partial charge in [0.25, 0.3) is 0 Å². The van der Waals surface area contributed by atoms with Gasteiger partial charge in [-0.05, 0) is 44.5 Å². The first kappa shape index (κ1) is 24.6. The van der Waals surface area contributed by atoms with Crippen LogP contribution in [0, 0.1) is 11.3 Å². The first-order valence-electron chi connectivity index (χ1n) is 10.4.